The van der Waals surface area contributed by atoms with Gasteiger partial charge in [0.25, 0.3) is 11.6 Å². The number of hydrogen-bond acceptors (Lipinski definition) is 4. The summed E-state index contributed by atoms with van der Waals surface area (Å²) in [6.45, 7) is 8.56. The third kappa shape index (κ3) is 3.15. The summed E-state index contributed by atoms with van der Waals surface area (Å²) < 4.78 is 1.53. The molecule has 0 unspecified atom stereocenters. The minimum absolute atomic E-state index is 0.218. The molecule has 0 fully saturated rings. The van der Waals surface area contributed by atoms with E-state index in [-0.39, 0.29) is 11.5 Å². The zero-order valence-electron chi connectivity index (χ0n) is 14.9. The summed E-state index contributed by atoms with van der Waals surface area (Å²) in [6.07, 6.45) is 4.18. The molecule has 3 rings (SSSR count). The molecule has 0 bridgehead atoms. The van der Waals surface area contributed by atoms with Crippen molar-refractivity contribution in [3.05, 3.63) is 58.5 Å². The van der Waals surface area contributed by atoms with Gasteiger partial charge in [-0.1, -0.05) is 18.0 Å². The fourth-order valence-electron chi connectivity index (χ4n) is 2.77. The second kappa shape index (κ2) is 7.35. The summed E-state index contributed by atoms with van der Waals surface area (Å²) in [4.78, 5) is 33.1. The van der Waals surface area contributed by atoms with Gasteiger partial charge in [-0.2, -0.15) is 4.40 Å². The van der Waals surface area contributed by atoms with Crippen LogP contribution in [-0.2, 0) is 0 Å². The first kappa shape index (κ1) is 17.6. The predicted octanol–water partition coefficient (Wildman–Crippen LogP) is 1.71. The molecule has 0 atom stereocenters. The van der Waals surface area contributed by atoms with Crippen molar-refractivity contribution in [2.75, 3.05) is 18.4 Å². The van der Waals surface area contributed by atoms with Gasteiger partial charge in [0, 0.05) is 18.7 Å². The average Bonchev–Trinajstić information content (AvgIpc) is 2.65. The van der Waals surface area contributed by atoms with Crippen LogP contribution in [0.4, 0.5) is 5.82 Å². The van der Waals surface area contributed by atoms with E-state index < -0.39 is 0 Å². The lowest BCUT2D eigenvalue weighted by Gasteiger charge is -2.09. The first-order chi connectivity index (χ1) is 12.6. The van der Waals surface area contributed by atoms with Gasteiger partial charge in [0.15, 0.2) is 0 Å². The summed E-state index contributed by atoms with van der Waals surface area (Å²) in [5.41, 5.74) is 2.19. The van der Waals surface area contributed by atoms with Crippen molar-refractivity contribution < 1.29 is 9.78 Å². The normalized spacial score (nSPS) is 10.8. The van der Waals surface area contributed by atoms with Gasteiger partial charge >= 0.3 is 5.56 Å². The molecule has 3 aromatic rings. The van der Waals surface area contributed by atoms with Crippen LogP contribution in [0.15, 0.2) is 41.8 Å². The van der Waals surface area contributed by atoms with Gasteiger partial charge in [0.05, 0.1) is 6.20 Å². The zero-order chi connectivity index (χ0) is 18.7. The quantitative estimate of drug-likeness (QED) is 0.522. The molecule has 3 aromatic heterocycles. The standard InChI is InChI=1S/C19H21N5O2/c1-4-8-20-15-13(18(25)21-9-5-2)11-14-16(22-15)23-17-12(3)7-6-10-24(17)19(14)26/h5-7,10-11H,2,4,8-9H2,1,3H3,(H,20,22)(H,21,25)/p+1. The molecule has 26 heavy (non-hydrogen) atoms. The van der Waals surface area contributed by atoms with E-state index >= 15 is 0 Å². The Hall–Kier alpha value is -3.22. The monoisotopic (exact) mass is 352 g/mol. The lowest BCUT2D eigenvalue weighted by molar-refractivity contribution is -0.319. The van der Waals surface area contributed by atoms with Crippen LogP contribution in [0.1, 0.15) is 29.3 Å². The number of fused-ring (bicyclic) bond motifs is 2. The van der Waals surface area contributed by atoms with E-state index in [1.165, 1.54) is 4.40 Å². The van der Waals surface area contributed by atoms with Crippen molar-refractivity contribution in [1.82, 2.24) is 14.7 Å². The van der Waals surface area contributed by atoms with E-state index in [0.29, 0.717) is 41.2 Å². The second-order valence-electron chi connectivity index (χ2n) is 6.05. The first-order valence-corrected chi connectivity index (χ1v) is 8.57. The van der Waals surface area contributed by atoms with Crippen LogP contribution in [-0.4, -0.2) is 28.4 Å². The van der Waals surface area contributed by atoms with Gasteiger partial charge in [-0.05, 0) is 31.5 Å². The van der Waals surface area contributed by atoms with Crippen LogP contribution < -0.4 is 21.2 Å². The number of nitrogens with one attached hydrogen (secondary N) is 3. The Labute approximate surface area is 150 Å². The first-order valence-electron chi connectivity index (χ1n) is 8.57. The highest BCUT2D eigenvalue weighted by Crippen LogP contribution is 2.17. The number of amides is 1. The van der Waals surface area contributed by atoms with E-state index in [4.69, 9.17) is 0 Å². The molecule has 0 aliphatic rings. The van der Waals surface area contributed by atoms with Crippen molar-refractivity contribution in [2.24, 2.45) is 0 Å². The molecule has 3 heterocycles. The van der Waals surface area contributed by atoms with Gasteiger partial charge in [-0.15, -0.1) is 6.58 Å². The van der Waals surface area contributed by atoms with Gasteiger partial charge < -0.3 is 10.6 Å². The highest BCUT2D eigenvalue weighted by molar-refractivity contribution is 6.01. The van der Waals surface area contributed by atoms with Crippen LogP contribution in [0.3, 0.4) is 0 Å². The van der Waals surface area contributed by atoms with Crippen molar-refractivity contribution in [1.29, 1.82) is 0 Å². The van der Waals surface area contributed by atoms with Crippen molar-refractivity contribution in [3.63, 3.8) is 0 Å². The van der Waals surface area contributed by atoms with Crippen molar-refractivity contribution in [3.8, 4) is 0 Å². The molecular weight excluding hydrogens is 330 g/mol. The predicted molar refractivity (Wildman–Crippen MR) is 102 cm³/mol. The Kier molecular flexibility index (Phi) is 4.97. The van der Waals surface area contributed by atoms with E-state index in [2.05, 4.69) is 27.2 Å². The van der Waals surface area contributed by atoms with Gasteiger partial charge in [0.2, 0.25) is 11.5 Å². The SMILES string of the molecule is C=CCNC(=O)c1cc2c(=O)n3cccc(C)c3[nH+]c2nc1NCCC. The molecule has 0 aromatic carbocycles. The van der Waals surface area contributed by atoms with Gasteiger partial charge in [-0.3, -0.25) is 4.79 Å². The second-order valence-corrected chi connectivity index (χ2v) is 6.05. The lowest BCUT2D eigenvalue weighted by Crippen LogP contribution is -2.28. The molecule has 0 aliphatic heterocycles. The Morgan fingerprint density at radius 3 is 3.00 bits per heavy atom. The summed E-state index contributed by atoms with van der Waals surface area (Å²) in [6, 6.07) is 5.32. The molecule has 134 valence electrons. The number of anilines is 1. The number of carbonyl (C=O) groups is 1. The number of carbonyl (C=O) groups excluding carboxylic acids is 1. The Morgan fingerprint density at radius 1 is 1.46 bits per heavy atom. The van der Waals surface area contributed by atoms with E-state index in [0.717, 1.165) is 12.0 Å². The number of pyridine rings is 2. The van der Waals surface area contributed by atoms with E-state index in [1.54, 1.807) is 18.3 Å². The minimum Gasteiger partial charge on any atom is -0.356 e. The molecule has 0 saturated carbocycles. The van der Waals surface area contributed by atoms with E-state index in [1.807, 2.05) is 26.0 Å². The number of aromatic nitrogens is 3. The number of aryl methyl sites for hydroxylation is 1. The van der Waals surface area contributed by atoms with Crippen LogP contribution in [0.25, 0.3) is 16.7 Å². The summed E-state index contributed by atoms with van der Waals surface area (Å²) >= 11 is 0. The molecule has 0 aliphatic carbocycles. The maximum absolute atomic E-state index is 12.9. The van der Waals surface area contributed by atoms with E-state index in [9.17, 15) is 9.59 Å². The fraction of sp³-hybridized carbons (Fsp3) is 0.263. The number of rotatable bonds is 6. The highest BCUT2D eigenvalue weighted by atomic mass is 16.1. The molecule has 0 spiro atoms. The third-order valence-corrected chi connectivity index (χ3v) is 4.10. The largest absolute Gasteiger partial charge is 0.356 e. The van der Waals surface area contributed by atoms with Crippen LogP contribution in [0.2, 0.25) is 0 Å². The van der Waals surface area contributed by atoms with Crippen molar-refractivity contribution in [2.45, 2.75) is 20.3 Å². The van der Waals surface area contributed by atoms with Crippen LogP contribution in [0.5, 0.6) is 0 Å². The fourth-order valence-corrected chi connectivity index (χ4v) is 2.77. The number of nitrogens with zero attached hydrogens (tertiary/aromatic N) is 2. The Bertz CT molecular complexity index is 1060. The number of hydrogen-bond donors (Lipinski definition) is 2. The highest BCUT2D eigenvalue weighted by Gasteiger charge is 2.21. The average molecular weight is 352 g/mol. The summed E-state index contributed by atoms with van der Waals surface area (Å²) in [5, 5.41) is 6.27. The molecule has 7 heteroatoms. The molecule has 0 saturated heterocycles. The molecular formula is C19H22N5O2+. The Balaban J connectivity index is 2.26. The number of H-pyrrole nitrogens is 1. The Morgan fingerprint density at radius 2 is 2.27 bits per heavy atom. The van der Waals surface area contributed by atoms with Crippen LogP contribution >= 0.6 is 0 Å². The molecule has 7 nitrogen and oxygen atoms in total. The minimum atomic E-state index is -0.299. The van der Waals surface area contributed by atoms with Gasteiger partial charge in [-0.25, -0.2) is 9.78 Å². The molecule has 1 amide bonds. The topological polar surface area (TPSA) is 89.6 Å². The summed E-state index contributed by atoms with van der Waals surface area (Å²) in [7, 11) is 0. The number of aromatic amines is 1. The third-order valence-electron chi connectivity index (χ3n) is 4.10. The molecule has 3 N–H and O–H groups in total. The molecule has 0 radical (unpaired) electrons. The summed E-state index contributed by atoms with van der Waals surface area (Å²) in [5.74, 6) is 0.154. The smallest absolute Gasteiger partial charge is 0.325 e. The van der Waals surface area contributed by atoms with Crippen molar-refractivity contribution >= 4 is 28.4 Å². The van der Waals surface area contributed by atoms with Gasteiger partial charge in [0.1, 0.15) is 10.9 Å². The van der Waals surface area contributed by atoms with Crippen LogP contribution in [0, 0.1) is 6.92 Å². The zero-order valence-corrected chi connectivity index (χ0v) is 14.9. The maximum Gasteiger partial charge on any atom is 0.325 e. The maximum atomic E-state index is 12.9. The lowest BCUT2D eigenvalue weighted by atomic mass is 10.2.